The van der Waals surface area contributed by atoms with Gasteiger partial charge in [-0.2, -0.15) is 4.73 Å². The van der Waals surface area contributed by atoms with E-state index in [1.54, 1.807) is 32.4 Å². The van der Waals surface area contributed by atoms with E-state index in [-0.39, 0.29) is 12.1 Å². The first-order chi connectivity index (χ1) is 13.0. The van der Waals surface area contributed by atoms with Crippen LogP contribution in [0.5, 0.6) is 0 Å². The maximum Gasteiger partial charge on any atom is 0.411 e. The van der Waals surface area contributed by atoms with E-state index >= 15 is 0 Å². The van der Waals surface area contributed by atoms with Gasteiger partial charge in [-0.25, -0.2) is 14.6 Å². The summed E-state index contributed by atoms with van der Waals surface area (Å²) in [4.78, 5) is 37.4. The van der Waals surface area contributed by atoms with Gasteiger partial charge in [-0.05, 0) is 41.5 Å². The molecule has 1 aromatic rings. The van der Waals surface area contributed by atoms with Crippen molar-refractivity contribution in [2.75, 3.05) is 0 Å². The van der Waals surface area contributed by atoms with Crippen molar-refractivity contribution in [1.82, 2.24) is 14.6 Å². The van der Waals surface area contributed by atoms with Gasteiger partial charge in [-0.15, -0.1) is 0 Å². The minimum Gasteiger partial charge on any atom is -0.479 e. The molecule has 0 saturated heterocycles. The molecule has 0 radical (unpaired) electrons. The fourth-order valence-corrected chi connectivity index (χ4v) is 4.28. The molecule has 0 aliphatic carbocycles. The Kier molecular flexibility index (Phi) is 6.41. The van der Waals surface area contributed by atoms with Crippen LogP contribution in [-0.2, 0) is 16.0 Å². The van der Waals surface area contributed by atoms with E-state index in [4.69, 9.17) is 9.57 Å². The van der Waals surface area contributed by atoms with Crippen LogP contribution < -0.4 is 4.84 Å². The summed E-state index contributed by atoms with van der Waals surface area (Å²) >= 11 is 2.09. The van der Waals surface area contributed by atoms with Crippen molar-refractivity contribution in [2.24, 2.45) is 0 Å². The molecule has 1 aliphatic rings. The molecule has 0 saturated carbocycles. The third kappa shape index (κ3) is 4.73. The van der Waals surface area contributed by atoms with Crippen molar-refractivity contribution in [1.29, 1.82) is 0 Å². The quantitative estimate of drug-likeness (QED) is 0.463. The second kappa shape index (κ2) is 7.75. The van der Waals surface area contributed by atoms with E-state index in [1.165, 1.54) is 11.8 Å². The average Bonchev–Trinajstić information content (AvgIpc) is 2.79. The first-order valence-electron chi connectivity index (χ1n) is 9.69. The van der Waals surface area contributed by atoms with Gasteiger partial charge in [-0.3, -0.25) is 4.90 Å². The maximum absolute atomic E-state index is 13.0. The normalized spacial score (nSPS) is 23.4. The van der Waals surface area contributed by atoms with Crippen LogP contribution in [0.15, 0.2) is 0 Å². The molecular weight excluding hydrogens is 505 g/mol. The molecule has 8 nitrogen and oxygen atoms in total. The SMILES string of the molecule is CC1c2c(nc(I)n2OC(C)[Si](C)(C)C)CC(C)(C(=O)O)N1C(=O)OC(C)(C)C. The van der Waals surface area contributed by atoms with Gasteiger partial charge in [0.15, 0.2) is 0 Å². The lowest BCUT2D eigenvalue weighted by molar-refractivity contribution is -0.153. The Bertz CT molecular complexity index is 814. The van der Waals surface area contributed by atoms with E-state index in [9.17, 15) is 14.7 Å². The lowest BCUT2D eigenvalue weighted by Gasteiger charge is -2.45. The first kappa shape index (κ1) is 24.0. The zero-order valence-corrected chi connectivity index (χ0v) is 21.8. The summed E-state index contributed by atoms with van der Waals surface area (Å²) in [5.74, 6) is -1.10. The molecule has 1 aliphatic heterocycles. The van der Waals surface area contributed by atoms with Gasteiger partial charge in [0.25, 0.3) is 0 Å². The summed E-state index contributed by atoms with van der Waals surface area (Å²) in [6, 6.07) is -0.584. The molecule has 3 unspecified atom stereocenters. The first-order valence-corrected chi connectivity index (χ1v) is 14.3. The fraction of sp³-hybridized carbons (Fsp3) is 0.737. The second-order valence-electron chi connectivity index (χ2n) is 9.90. The van der Waals surface area contributed by atoms with Crippen LogP contribution in [0, 0.1) is 3.83 Å². The number of nitrogens with zero attached hydrogens (tertiary/aromatic N) is 3. The van der Waals surface area contributed by atoms with Gasteiger partial charge in [-0.1, -0.05) is 19.6 Å². The molecule has 2 heterocycles. The summed E-state index contributed by atoms with van der Waals surface area (Å²) in [5, 5.41) is 9.98. The topological polar surface area (TPSA) is 93.9 Å². The van der Waals surface area contributed by atoms with Crippen molar-refractivity contribution in [2.45, 2.75) is 90.5 Å². The minimum absolute atomic E-state index is 0.00396. The van der Waals surface area contributed by atoms with Crippen molar-refractivity contribution >= 4 is 42.7 Å². The van der Waals surface area contributed by atoms with Gasteiger partial charge in [0.1, 0.15) is 22.6 Å². The summed E-state index contributed by atoms with van der Waals surface area (Å²) in [6.45, 7) is 17.3. The standard InChI is InChI=1S/C19H32IN3O5Si/c1-11-14-13(21-16(20)23(14)28-12(2)29(7,8)9)10-19(6,15(24)25)22(11)17(26)27-18(3,4)5/h11-12H,10H2,1-9H3,(H,24,25). The van der Waals surface area contributed by atoms with Crippen LogP contribution in [-0.4, -0.2) is 56.7 Å². The number of hydrogen-bond acceptors (Lipinski definition) is 5. The Balaban J connectivity index is 2.56. The van der Waals surface area contributed by atoms with Crippen LogP contribution in [0.25, 0.3) is 0 Å². The Hall–Kier alpha value is -1.30. The predicted molar refractivity (Wildman–Crippen MR) is 121 cm³/mol. The van der Waals surface area contributed by atoms with Gasteiger partial charge in [0.05, 0.1) is 19.8 Å². The smallest absolute Gasteiger partial charge is 0.411 e. The molecule has 1 aromatic heterocycles. The molecule has 164 valence electrons. The average molecular weight is 537 g/mol. The molecule has 10 heteroatoms. The van der Waals surface area contributed by atoms with Crippen LogP contribution in [0.2, 0.25) is 19.6 Å². The van der Waals surface area contributed by atoms with E-state index in [0.717, 1.165) is 0 Å². The number of halogens is 1. The fourth-order valence-electron chi connectivity index (χ4n) is 3.20. The number of carbonyl (C=O) groups is 2. The molecule has 2 rings (SSSR count). The van der Waals surface area contributed by atoms with Crippen molar-refractivity contribution in [3.63, 3.8) is 0 Å². The molecule has 0 aromatic carbocycles. The molecule has 29 heavy (non-hydrogen) atoms. The Morgan fingerprint density at radius 2 is 1.90 bits per heavy atom. The highest BCUT2D eigenvalue weighted by atomic mass is 127. The highest BCUT2D eigenvalue weighted by Crippen LogP contribution is 2.40. The number of ether oxygens (including phenoxy) is 1. The third-order valence-corrected chi connectivity index (χ3v) is 8.49. The van der Waals surface area contributed by atoms with E-state index < -0.39 is 37.3 Å². The zero-order chi connectivity index (χ0) is 22.5. The van der Waals surface area contributed by atoms with Crippen LogP contribution >= 0.6 is 22.6 Å². The third-order valence-electron chi connectivity index (χ3n) is 5.27. The Morgan fingerprint density at radius 3 is 2.34 bits per heavy atom. The lowest BCUT2D eigenvalue weighted by Crippen LogP contribution is -2.61. The lowest BCUT2D eigenvalue weighted by atomic mass is 9.86. The van der Waals surface area contributed by atoms with Gasteiger partial charge < -0.3 is 14.7 Å². The number of fused-ring (bicyclic) bond motifs is 1. The Labute approximate surface area is 187 Å². The van der Waals surface area contributed by atoms with Gasteiger partial charge in [0.2, 0.25) is 3.83 Å². The largest absolute Gasteiger partial charge is 0.479 e. The van der Waals surface area contributed by atoms with Gasteiger partial charge >= 0.3 is 12.1 Å². The minimum atomic E-state index is -1.60. The summed E-state index contributed by atoms with van der Waals surface area (Å²) < 4.78 is 7.83. The molecule has 1 amide bonds. The molecular formula is C19H32IN3O5Si. The zero-order valence-electron chi connectivity index (χ0n) is 18.7. The summed E-state index contributed by atoms with van der Waals surface area (Å²) in [7, 11) is -1.60. The highest BCUT2D eigenvalue weighted by Gasteiger charge is 2.53. The number of carboxylic acid groups (broad SMARTS) is 1. The van der Waals surface area contributed by atoms with Gasteiger partial charge in [0, 0.05) is 29.0 Å². The second-order valence-corrected chi connectivity index (χ2v) is 16.4. The number of hydrogen-bond donors (Lipinski definition) is 1. The van der Waals surface area contributed by atoms with Crippen LogP contribution in [0.4, 0.5) is 4.79 Å². The monoisotopic (exact) mass is 537 g/mol. The maximum atomic E-state index is 13.0. The van der Waals surface area contributed by atoms with Crippen LogP contribution in [0.1, 0.15) is 59.0 Å². The molecule has 1 N–H and O–H groups in total. The van der Waals surface area contributed by atoms with E-state index in [2.05, 4.69) is 47.2 Å². The van der Waals surface area contributed by atoms with Crippen molar-refractivity contribution in [3.05, 3.63) is 15.2 Å². The number of amides is 1. The van der Waals surface area contributed by atoms with Crippen molar-refractivity contribution in [3.8, 4) is 0 Å². The number of rotatable bonds is 4. The number of carboxylic acids is 1. The predicted octanol–water partition coefficient (Wildman–Crippen LogP) is 3.88. The molecule has 0 fully saturated rings. The Morgan fingerprint density at radius 1 is 1.34 bits per heavy atom. The van der Waals surface area contributed by atoms with E-state index in [1.807, 2.05) is 6.92 Å². The summed E-state index contributed by atoms with van der Waals surface area (Å²) in [6.07, 6.45) is -0.587. The summed E-state index contributed by atoms with van der Waals surface area (Å²) in [5.41, 5.74) is -0.877. The van der Waals surface area contributed by atoms with Crippen molar-refractivity contribution < 1.29 is 24.3 Å². The van der Waals surface area contributed by atoms with E-state index in [0.29, 0.717) is 15.2 Å². The molecule has 0 spiro atoms. The van der Waals surface area contributed by atoms with Crippen LogP contribution in [0.3, 0.4) is 0 Å². The number of aromatic nitrogens is 2. The molecule has 3 atom stereocenters. The number of carbonyl (C=O) groups excluding carboxylic acids is 1. The molecule has 0 bridgehead atoms. The number of aliphatic carboxylic acids is 1. The number of imidazole rings is 1. The highest BCUT2D eigenvalue weighted by molar-refractivity contribution is 14.1.